The second-order valence-corrected chi connectivity index (χ2v) is 4.20. The molecule has 1 N–H and O–H groups in total. The van der Waals surface area contributed by atoms with Gasteiger partial charge in [0.2, 0.25) is 0 Å². The molecule has 0 aromatic carbocycles. The molecule has 0 aliphatic carbocycles. The Balaban J connectivity index is -0.0000000718. The molecule has 0 rings (SSSR count). The summed E-state index contributed by atoms with van der Waals surface area (Å²) in [6.45, 7) is 1.51. The van der Waals surface area contributed by atoms with Crippen molar-refractivity contribution in [3.05, 3.63) is 11.5 Å². The molecule has 0 bridgehead atoms. The number of hydrogen-bond acceptors (Lipinski definition) is 2. The minimum Gasteiger partial charge on any atom is -1.00 e. The maximum atomic E-state index is 9.84. The van der Waals surface area contributed by atoms with Crippen LogP contribution in [0.3, 0.4) is 0 Å². The van der Waals surface area contributed by atoms with Gasteiger partial charge in [0.15, 0.2) is 0 Å². The number of allylic oxidation sites excluding steroid dienone is 1. The zero-order valence-corrected chi connectivity index (χ0v) is 8.87. The van der Waals surface area contributed by atoms with Crippen LogP contribution in [0.2, 0.25) is 0 Å². The summed E-state index contributed by atoms with van der Waals surface area (Å²) < 4.78 is 76.5. The maximum Gasteiger partial charge on any atom is 1.00 e. The van der Waals surface area contributed by atoms with Gasteiger partial charge in [-0.3, -0.25) is 4.55 Å². The van der Waals surface area contributed by atoms with E-state index in [1.54, 1.807) is 0 Å². The average molecular weight is 256 g/mol. The molecule has 0 unspecified atom stereocenters. The molecule has 3 nitrogen and oxygen atoms in total. The second kappa shape index (κ2) is 6.03. The van der Waals surface area contributed by atoms with Crippen molar-refractivity contribution in [2.24, 2.45) is 0 Å². The largest absolute Gasteiger partial charge is 1.00 e. The quantitative estimate of drug-likeness (QED) is 0.321. The second-order valence-electron chi connectivity index (χ2n) is 1.62. The predicted octanol–water partition coefficient (Wildman–Crippen LogP) is 0.486. The zero-order chi connectivity index (χ0) is 11.4. The molecule has 0 aliphatic rings. The van der Waals surface area contributed by atoms with Gasteiger partial charge in [-0.05, 0) is 6.92 Å². The average Bonchev–Trinajstić information content (AvgIpc) is 1.51. The molecule has 0 aromatic rings. The first-order valence-electron chi connectivity index (χ1n) is 2.51. The van der Waals surface area contributed by atoms with E-state index >= 15 is 0 Å². The Labute approximate surface area is 91.3 Å². The van der Waals surface area contributed by atoms with Gasteiger partial charge in [0.25, 0.3) is 10.1 Å². The van der Waals surface area contributed by atoms with Crippen molar-refractivity contribution in [2.45, 2.75) is 6.92 Å². The molecule has 0 amide bonds. The smallest absolute Gasteiger partial charge is 1.00 e. The van der Waals surface area contributed by atoms with Crippen molar-refractivity contribution >= 4 is 18.3 Å². The Morgan fingerprint density at radius 1 is 1.21 bits per heavy atom. The molecule has 0 saturated carbocycles. The van der Waals surface area contributed by atoms with E-state index in [-0.39, 0.29) is 20.3 Å². The van der Waals surface area contributed by atoms with Crippen molar-refractivity contribution in [3.63, 3.8) is 0 Å². The molecule has 0 fully saturated rings. The fourth-order valence-corrected chi connectivity index (χ4v) is 0.516. The van der Waals surface area contributed by atoms with Crippen LogP contribution in [-0.4, -0.2) is 13.0 Å². The standard InChI is InChI=1S/C3H6O3S.F5P.Li.H/c1-2-3-7(4,5)6;1-6(2,3,4)5;;/h2-3H,1H3,(H,4,5,6);;;/q;;+1;-1/b3-2-;;;. The molecule has 84 valence electrons. The summed E-state index contributed by atoms with van der Waals surface area (Å²) in [6, 6.07) is 0. The van der Waals surface area contributed by atoms with Gasteiger partial charge in [-0.1, -0.05) is 6.08 Å². The first kappa shape index (κ1) is 19.8. The van der Waals surface area contributed by atoms with Crippen LogP contribution < -0.4 is 18.9 Å². The summed E-state index contributed by atoms with van der Waals surface area (Å²) in [5.74, 6) is 0. The predicted molar refractivity (Wildman–Crippen MR) is 39.9 cm³/mol. The van der Waals surface area contributed by atoms with E-state index in [0.29, 0.717) is 5.41 Å². The van der Waals surface area contributed by atoms with Crippen LogP contribution in [0.4, 0.5) is 21.0 Å². The number of rotatable bonds is 1. The van der Waals surface area contributed by atoms with Crippen LogP contribution in [0.15, 0.2) is 11.5 Å². The van der Waals surface area contributed by atoms with Gasteiger partial charge >= 0.3 is 48.0 Å². The van der Waals surface area contributed by atoms with Crippen LogP contribution >= 0.6 is 8.16 Å². The van der Waals surface area contributed by atoms with Crippen molar-refractivity contribution in [2.75, 3.05) is 0 Å². The first-order valence-corrected chi connectivity index (χ1v) is 5.70. The van der Waals surface area contributed by atoms with E-state index in [1.165, 1.54) is 13.0 Å². The van der Waals surface area contributed by atoms with E-state index in [9.17, 15) is 29.4 Å². The van der Waals surface area contributed by atoms with Gasteiger partial charge in [0.1, 0.15) is 0 Å². The summed E-state index contributed by atoms with van der Waals surface area (Å²) in [7, 11) is -12.4. The molecule has 0 heterocycles. The summed E-state index contributed by atoms with van der Waals surface area (Å²) in [5.41, 5.74) is 0. The fraction of sp³-hybridized carbons (Fsp3) is 0.333. The van der Waals surface area contributed by atoms with Gasteiger partial charge in [0.05, 0.1) is 5.41 Å². The molecular formula is C3H7F5LiO3PS. The molecule has 11 heteroatoms. The molecule has 14 heavy (non-hydrogen) atoms. The molecule has 0 atom stereocenters. The van der Waals surface area contributed by atoms with Crippen LogP contribution in [0.5, 0.6) is 0 Å². The summed E-state index contributed by atoms with van der Waals surface area (Å²) in [4.78, 5) is 0. The minimum atomic E-state index is -8.55. The zero-order valence-electron chi connectivity index (χ0n) is 8.16. The first-order chi connectivity index (χ1) is 5.30. The molecule has 0 aromatic heterocycles. The normalized spacial score (nSPS) is 14.6. The Morgan fingerprint density at radius 3 is 1.43 bits per heavy atom. The van der Waals surface area contributed by atoms with Crippen molar-refractivity contribution in [1.29, 1.82) is 0 Å². The SMILES string of the molecule is C/C=C\S(=O)(=O)O.FP(F)(F)(F)F.[H-].[Li+]. The topological polar surface area (TPSA) is 54.4 Å². The summed E-state index contributed by atoms with van der Waals surface area (Å²) in [5, 5.41) is 0.715. The van der Waals surface area contributed by atoms with Crippen molar-refractivity contribution < 1.29 is 54.2 Å². The molecule has 0 saturated heterocycles. The van der Waals surface area contributed by atoms with Gasteiger partial charge in [-0.15, -0.1) is 0 Å². The summed E-state index contributed by atoms with van der Waals surface area (Å²) in [6.07, 6.45) is 1.25. The Hall–Kier alpha value is 0.327. The van der Waals surface area contributed by atoms with Gasteiger partial charge in [-0.2, -0.15) is 8.42 Å². The Bertz CT molecular complexity index is 269. The van der Waals surface area contributed by atoms with Gasteiger partial charge in [0, 0.05) is 0 Å². The van der Waals surface area contributed by atoms with Gasteiger partial charge in [-0.25, -0.2) is 0 Å². The summed E-state index contributed by atoms with van der Waals surface area (Å²) >= 11 is 0. The van der Waals surface area contributed by atoms with Crippen molar-refractivity contribution in [3.8, 4) is 0 Å². The molecule has 0 aliphatic heterocycles. The third kappa shape index (κ3) is 84.5. The minimum absolute atomic E-state index is 0. The van der Waals surface area contributed by atoms with Crippen LogP contribution in [0, 0.1) is 0 Å². The van der Waals surface area contributed by atoms with Crippen LogP contribution in [-0.2, 0) is 10.1 Å². The Kier molecular flexibility index (Phi) is 8.54. The van der Waals surface area contributed by atoms with E-state index in [0.717, 1.165) is 0 Å². The maximum absolute atomic E-state index is 9.84. The third-order valence-electron chi connectivity index (χ3n) is 0.308. The monoisotopic (exact) mass is 256 g/mol. The Morgan fingerprint density at radius 2 is 1.43 bits per heavy atom. The number of hydrogen-bond donors (Lipinski definition) is 1. The molecular weight excluding hydrogens is 249 g/mol. The van der Waals surface area contributed by atoms with E-state index in [1.807, 2.05) is 0 Å². The van der Waals surface area contributed by atoms with Crippen LogP contribution in [0.1, 0.15) is 8.35 Å². The van der Waals surface area contributed by atoms with E-state index < -0.39 is 18.3 Å². The molecule has 0 spiro atoms. The van der Waals surface area contributed by atoms with Gasteiger partial charge < -0.3 is 1.43 Å². The van der Waals surface area contributed by atoms with E-state index in [4.69, 9.17) is 4.55 Å². The fourth-order valence-electron chi connectivity index (χ4n) is 0.172. The third-order valence-corrected chi connectivity index (χ3v) is 0.924. The number of halogens is 5. The molecule has 0 radical (unpaired) electrons. The van der Waals surface area contributed by atoms with E-state index in [2.05, 4.69) is 0 Å². The van der Waals surface area contributed by atoms with Crippen LogP contribution in [0.25, 0.3) is 0 Å². The van der Waals surface area contributed by atoms with Crippen molar-refractivity contribution in [1.82, 2.24) is 0 Å².